The van der Waals surface area contributed by atoms with Gasteiger partial charge in [-0.1, -0.05) is 13.0 Å². The lowest BCUT2D eigenvalue weighted by molar-refractivity contribution is 0.0316. The first-order valence-corrected chi connectivity index (χ1v) is 11.1. The molecule has 0 saturated heterocycles. The Morgan fingerprint density at radius 1 is 1.16 bits per heavy atom. The van der Waals surface area contributed by atoms with Crippen LogP contribution in [0, 0.1) is 13.8 Å². The van der Waals surface area contributed by atoms with Gasteiger partial charge >= 0.3 is 11.9 Å². The van der Waals surface area contributed by atoms with Gasteiger partial charge in [-0.15, -0.1) is 0 Å². The Hall–Kier alpha value is -2.98. The SMILES string of the molecule is CCCNS(=O)(=O)c1cccc(C(=O)OC(C)C(=O)c2[nH]c(C)c(C(=O)OC)c2C)c1. The number of hydrogen-bond acceptors (Lipinski definition) is 7. The Labute approximate surface area is 181 Å². The van der Waals surface area contributed by atoms with E-state index in [2.05, 4.69) is 9.71 Å². The van der Waals surface area contributed by atoms with Crippen molar-refractivity contribution in [2.45, 2.75) is 45.1 Å². The lowest BCUT2D eigenvalue weighted by Gasteiger charge is -2.13. The second-order valence-electron chi connectivity index (χ2n) is 6.95. The molecule has 1 unspecified atom stereocenters. The summed E-state index contributed by atoms with van der Waals surface area (Å²) in [6.45, 7) is 6.72. The van der Waals surface area contributed by atoms with E-state index >= 15 is 0 Å². The second-order valence-corrected chi connectivity index (χ2v) is 8.72. The number of H-pyrrole nitrogens is 1. The van der Waals surface area contributed by atoms with Gasteiger partial charge in [-0.3, -0.25) is 4.79 Å². The van der Waals surface area contributed by atoms with Crippen molar-refractivity contribution in [3.05, 3.63) is 52.3 Å². The van der Waals surface area contributed by atoms with Crippen molar-refractivity contribution in [1.29, 1.82) is 0 Å². The van der Waals surface area contributed by atoms with Gasteiger partial charge in [0.1, 0.15) is 0 Å². The molecule has 1 aromatic carbocycles. The first kappa shape index (κ1) is 24.3. The molecule has 0 fully saturated rings. The maximum atomic E-state index is 12.8. The molecule has 9 nitrogen and oxygen atoms in total. The van der Waals surface area contributed by atoms with Gasteiger partial charge in [0.2, 0.25) is 15.8 Å². The molecule has 2 rings (SSSR count). The fourth-order valence-corrected chi connectivity index (χ4v) is 4.18. The van der Waals surface area contributed by atoms with Crippen LogP contribution in [0.3, 0.4) is 0 Å². The Morgan fingerprint density at radius 3 is 2.45 bits per heavy atom. The molecule has 10 heteroatoms. The first-order valence-electron chi connectivity index (χ1n) is 9.65. The number of rotatable bonds is 9. The smallest absolute Gasteiger partial charge is 0.339 e. The largest absolute Gasteiger partial charge is 0.465 e. The second kappa shape index (κ2) is 9.88. The number of nitrogens with one attached hydrogen (secondary N) is 2. The van der Waals surface area contributed by atoms with Crippen LogP contribution in [0.15, 0.2) is 29.2 Å². The van der Waals surface area contributed by atoms with Crippen LogP contribution in [-0.4, -0.2) is 50.9 Å². The van der Waals surface area contributed by atoms with E-state index in [1.165, 1.54) is 38.3 Å². The van der Waals surface area contributed by atoms with Crippen molar-refractivity contribution in [3.8, 4) is 0 Å². The standard InChI is InChI=1S/C21H26N2O7S/c1-6-10-22-31(27,28)16-9-7-8-15(11-16)20(25)30-14(4)19(24)18-12(2)17(13(3)23-18)21(26)29-5/h7-9,11,14,22-23H,6,10H2,1-5H3. The summed E-state index contributed by atoms with van der Waals surface area (Å²) in [6, 6.07) is 5.38. The summed E-state index contributed by atoms with van der Waals surface area (Å²) in [5.74, 6) is -1.95. The molecule has 0 bridgehead atoms. The summed E-state index contributed by atoms with van der Waals surface area (Å²) in [4.78, 5) is 40.0. The summed E-state index contributed by atoms with van der Waals surface area (Å²) in [7, 11) is -2.52. The average molecular weight is 451 g/mol. The minimum absolute atomic E-state index is 0.00587. The van der Waals surface area contributed by atoms with E-state index in [0.717, 1.165) is 0 Å². The van der Waals surface area contributed by atoms with E-state index < -0.39 is 33.8 Å². The molecule has 0 radical (unpaired) electrons. The molecule has 1 atom stereocenters. The highest BCUT2D eigenvalue weighted by Crippen LogP contribution is 2.21. The number of aromatic amines is 1. The number of esters is 2. The fourth-order valence-electron chi connectivity index (χ4n) is 3.00. The molecular formula is C21H26N2O7S. The molecule has 1 aromatic heterocycles. The van der Waals surface area contributed by atoms with E-state index in [1.54, 1.807) is 13.8 Å². The van der Waals surface area contributed by atoms with Crippen molar-refractivity contribution < 1.29 is 32.3 Å². The van der Waals surface area contributed by atoms with Gasteiger partial charge in [0.25, 0.3) is 0 Å². The number of methoxy groups -OCH3 is 1. The maximum Gasteiger partial charge on any atom is 0.339 e. The van der Waals surface area contributed by atoms with E-state index in [9.17, 15) is 22.8 Å². The lowest BCUT2D eigenvalue weighted by Crippen LogP contribution is -2.26. The highest BCUT2D eigenvalue weighted by atomic mass is 32.2. The van der Waals surface area contributed by atoms with Gasteiger partial charge in [-0.05, 0) is 51.0 Å². The maximum absolute atomic E-state index is 12.8. The van der Waals surface area contributed by atoms with E-state index in [0.29, 0.717) is 17.7 Å². The highest BCUT2D eigenvalue weighted by molar-refractivity contribution is 7.89. The zero-order chi connectivity index (χ0) is 23.3. The molecule has 0 aliphatic carbocycles. The Morgan fingerprint density at radius 2 is 1.84 bits per heavy atom. The van der Waals surface area contributed by atoms with Crippen LogP contribution in [0.1, 0.15) is 62.7 Å². The average Bonchev–Trinajstić information content (AvgIpc) is 3.05. The van der Waals surface area contributed by atoms with Crippen LogP contribution in [0.5, 0.6) is 0 Å². The number of carbonyl (C=O) groups excluding carboxylic acids is 3. The van der Waals surface area contributed by atoms with Crippen LogP contribution in [-0.2, 0) is 19.5 Å². The zero-order valence-electron chi connectivity index (χ0n) is 18.1. The molecule has 0 spiro atoms. The van der Waals surface area contributed by atoms with Gasteiger partial charge in [-0.25, -0.2) is 22.7 Å². The van der Waals surface area contributed by atoms with Gasteiger partial charge in [-0.2, -0.15) is 0 Å². The highest BCUT2D eigenvalue weighted by Gasteiger charge is 2.28. The molecule has 2 aromatic rings. The van der Waals surface area contributed by atoms with Crippen molar-refractivity contribution in [2.75, 3.05) is 13.7 Å². The third-order valence-electron chi connectivity index (χ3n) is 4.65. The van der Waals surface area contributed by atoms with Gasteiger partial charge in [0.15, 0.2) is 6.10 Å². The molecule has 31 heavy (non-hydrogen) atoms. The van der Waals surface area contributed by atoms with Crippen LogP contribution < -0.4 is 4.72 Å². The Kier molecular flexibility index (Phi) is 7.75. The summed E-state index contributed by atoms with van der Waals surface area (Å²) >= 11 is 0. The predicted molar refractivity (Wildman–Crippen MR) is 113 cm³/mol. The van der Waals surface area contributed by atoms with Crippen LogP contribution in [0.25, 0.3) is 0 Å². The minimum atomic E-state index is -3.76. The molecule has 2 N–H and O–H groups in total. The molecule has 168 valence electrons. The minimum Gasteiger partial charge on any atom is -0.465 e. The number of carbonyl (C=O) groups is 3. The van der Waals surface area contributed by atoms with E-state index in [4.69, 9.17) is 9.47 Å². The third kappa shape index (κ3) is 5.39. The predicted octanol–water partition coefficient (Wildman–Crippen LogP) is 2.53. The third-order valence-corrected chi connectivity index (χ3v) is 6.11. The topological polar surface area (TPSA) is 132 Å². The fraction of sp³-hybridized carbons (Fsp3) is 0.381. The number of hydrogen-bond donors (Lipinski definition) is 2. The number of aryl methyl sites for hydroxylation is 1. The summed E-state index contributed by atoms with van der Waals surface area (Å²) in [6.07, 6.45) is -0.552. The normalized spacial score (nSPS) is 12.3. The quantitative estimate of drug-likeness (QED) is 0.443. The Bertz CT molecular complexity index is 1100. The number of ether oxygens (including phenoxy) is 2. The summed E-state index contributed by atoms with van der Waals surface area (Å²) in [5, 5.41) is 0. The number of ketones is 1. The van der Waals surface area contributed by atoms with E-state index in [-0.39, 0.29) is 28.3 Å². The number of aromatic nitrogens is 1. The number of sulfonamides is 1. The summed E-state index contributed by atoms with van der Waals surface area (Å²) < 4.78 is 37.0. The first-order chi connectivity index (χ1) is 14.5. The van der Waals surface area contributed by atoms with Crippen LogP contribution in [0.4, 0.5) is 0 Å². The molecule has 0 saturated carbocycles. The van der Waals surface area contributed by atoms with Crippen LogP contribution >= 0.6 is 0 Å². The van der Waals surface area contributed by atoms with Gasteiger partial charge < -0.3 is 14.5 Å². The number of benzene rings is 1. The monoisotopic (exact) mass is 450 g/mol. The number of Topliss-reactive ketones (excluding diaryl/α,β-unsaturated/α-hetero) is 1. The van der Waals surface area contributed by atoms with E-state index in [1.807, 2.05) is 6.92 Å². The molecule has 0 aliphatic heterocycles. The van der Waals surface area contributed by atoms with Crippen molar-refractivity contribution in [2.24, 2.45) is 0 Å². The lowest BCUT2D eigenvalue weighted by atomic mass is 10.1. The van der Waals surface area contributed by atoms with Gasteiger partial charge in [0.05, 0.1) is 28.8 Å². The van der Waals surface area contributed by atoms with Gasteiger partial charge in [0, 0.05) is 12.2 Å². The van der Waals surface area contributed by atoms with Crippen molar-refractivity contribution >= 4 is 27.7 Å². The molecule has 0 aliphatic rings. The Balaban J connectivity index is 2.21. The molecule has 1 heterocycles. The van der Waals surface area contributed by atoms with Crippen molar-refractivity contribution in [1.82, 2.24) is 9.71 Å². The van der Waals surface area contributed by atoms with Crippen molar-refractivity contribution in [3.63, 3.8) is 0 Å². The molecule has 0 amide bonds. The molecular weight excluding hydrogens is 424 g/mol. The summed E-state index contributed by atoms with van der Waals surface area (Å²) in [5.41, 5.74) is 1.24. The van der Waals surface area contributed by atoms with Crippen LogP contribution in [0.2, 0.25) is 0 Å². The zero-order valence-corrected chi connectivity index (χ0v) is 18.9.